The molecule has 0 unspecified atom stereocenters. The predicted octanol–water partition coefficient (Wildman–Crippen LogP) is 4.16. The fraction of sp³-hybridized carbons (Fsp3) is 0.462. The lowest BCUT2D eigenvalue weighted by atomic mass is 9.75. The summed E-state index contributed by atoms with van der Waals surface area (Å²) in [5, 5.41) is 10.4. The third-order valence-electron chi connectivity index (χ3n) is 5.84. The van der Waals surface area contributed by atoms with Gasteiger partial charge in [-0.25, -0.2) is 4.79 Å². The summed E-state index contributed by atoms with van der Waals surface area (Å²) in [7, 11) is 0. The molecule has 0 aliphatic carbocycles. The van der Waals surface area contributed by atoms with E-state index in [4.69, 9.17) is 9.47 Å². The number of aliphatic hydroxyl groups excluding tert-OH is 1. The van der Waals surface area contributed by atoms with Crippen molar-refractivity contribution in [3.63, 3.8) is 0 Å². The van der Waals surface area contributed by atoms with E-state index in [-0.39, 0.29) is 18.6 Å². The van der Waals surface area contributed by atoms with Crippen molar-refractivity contribution in [1.29, 1.82) is 0 Å². The molecular weight excluding hydrogens is 406 g/mol. The Morgan fingerprint density at radius 1 is 0.938 bits per heavy atom. The highest BCUT2D eigenvalue weighted by Crippen LogP contribution is 2.34. The van der Waals surface area contributed by atoms with Crippen molar-refractivity contribution in [3.05, 3.63) is 71.8 Å². The van der Waals surface area contributed by atoms with Crippen molar-refractivity contribution in [2.24, 2.45) is 5.92 Å². The molecule has 0 atom stereocenters. The minimum absolute atomic E-state index is 0.153. The largest absolute Gasteiger partial charge is 0.464 e. The normalized spacial score (nSPS) is 15.3. The predicted molar refractivity (Wildman–Crippen MR) is 122 cm³/mol. The van der Waals surface area contributed by atoms with Gasteiger partial charge in [0, 0.05) is 13.1 Å². The standard InChI is InChI=1S/C26H33NO5/c1-25(2,3)32-24(30)27-16-14-20(15-17-27)18-31-23(29)26(19-28,21-10-6-4-7-11-21)22-12-8-5-9-13-22/h4-13,20,28H,14-19H2,1-3H3. The van der Waals surface area contributed by atoms with Gasteiger partial charge in [-0.2, -0.15) is 0 Å². The van der Waals surface area contributed by atoms with Crippen LogP contribution >= 0.6 is 0 Å². The summed E-state index contributed by atoms with van der Waals surface area (Å²) in [6, 6.07) is 18.5. The lowest BCUT2D eigenvalue weighted by Crippen LogP contribution is -2.44. The van der Waals surface area contributed by atoms with E-state index in [1.807, 2.05) is 81.4 Å². The van der Waals surface area contributed by atoms with Crippen LogP contribution in [0.5, 0.6) is 0 Å². The summed E-state index contributed by atoms with van der Waals surface area (Å²) in [5.74, 6) is -0.312. The van der Waals surface area contributed by atoms with Crippen LogP contribution in [0.3, 0.4) is 0 Å². The van der Waals surface area contributed by atoms with E-state index in [1.165, 1.54) is 0 Å². The Morgan fingerprint density at radius 2 is 1.44 bits per heavy atom. The number of ether oxygens (including phenoxy) is 2. The second kappa shape index (κ2) is 10.2. The van der Waals surface area contributed by atoms with Crippen molar-refractivity contribution in [3.8, 4) is 0 Å². The highest BCUT2D eigenvalue weighted by molar-refractivity contribution is 5.88. The van der Waals surface area contributed by atoms with E-state index < -0.39 is 23.6 Å². The smallest absolute Gasteiger partial charge is 0.410 e. The van der Waals surface area contributed by atoms with Crippen LogP contribution in [0.4, 0.5) is 4.79 Å². The number of likely N-dealkylation sites (tertiary alicyclic amines) is 1. The SMILES string of the molecule is CC(C)(C)OC(=O)N1CCC(COC(=O)C(CO)(c2ccccc2)c2ccccc2)CC1. The number of benzene rings is 2. The number of hydrogen-bond acceptors (Lipinski definition) is 5. The molecule has 6 nitrogen and oxygen atoms in total. The minimum Gasteiger partial charge on any atom is -0.464 e. The number of carbonyl (C=O) groups excluding carboxylic acids is 2. The average molecular weight is 440 g/mol. The molecule has 2 aromatic rings. The minimum atomic E-state index is -1.28. The zero-order valence-electron chi connectivity index (χ0n) is 19.1. The maximum atomic E-state index is 13.4. The second-order valence-electron chi connectivity index (χ2n) is 9.30. The molecular formula is C26H33NO5. The van der Waals surface area contributed by atoms with Crippen LogP contribution in [0.15, 0.2) is 60.7 Å². The first-order chi connectivity index (χ1) is 15.3. The fourth-order valence-electron chi connectivity index (χ4n) is 4.02. The number of nitrogens with zero attached hydrogens (tertiary/aromatic N) is 1. The first-order valence-corrected chi connectivity index (χ1v) is 11.1. The maximum absolute atomic E-state index is 13.4. The molecule has 0 saturated carbocycles. The Kier molecular flexibility index (Phi) is 7.56. The van der Waals surface area contributed by atoms with Gasteiger partial charge in [0.15, 0.2) is 0 Å². The van der Waals surface area contributed by atoms with E-state index >= 15 is 0 Å². The topological polar surface area (TPSA) is 76.1 Å². The molecule has 1 saturated heterocycles. The molecule has 2 aromatic carbocycles. The first kappa shape index (κ1) is 23.8. The molecule has 0 bridgehead atoms. The summed E-state index contributed by atoms with van der Waals surface area (Å²) in [4.78, 5) is 27.4. The number of esters is 1. The third-order valence-corrected chi connectivity index (χ3v) is 5.84. The van der Waals surface area contributed by atoms with Gasteiger partial charge in [-0.1, -0.05) is 60.7 Å². The van der Waals surface area contributed by atoms with Crippen molar-refractivity contribution in [2.75, 3.05) is 26.3 Å². The summed E-state index contributed by atoms with van der Waals surface area (Å²) < 4.78 is 11.2. The summed E-state index contributed by atoms with van der Waals surface area (Å²) in [6.45, 7) is 6.55. The zero-order valence-corrected chi connectivity index (χ0v) is 19.1. The molecule has 1 amide bonds. The Bertz CT molecular complexity index is 844. The number of carbonyl (C=O) groups is 2. The van der Waals surface area contributed by atoms with E-state index in [0.29, 0.717) is 24.2 Å². The van der Waals surface area contributed by atoms with Gasteiger partial charge < -0.3 is 19.5 Å². The van der Waals surface area contributed by atoms with Crippen molar-refractivity contribution in [1.82, 2.24) is 4.90 Å². The fourth-order valence-corrected chi connectivity index (χ4v) is 4.02. The molecule has 0 aromatic heterocycles. The van der Waals surface area contributed by atoms with Gasteiger partial charge in [0.05, 0.1) is 13.2 Å². The van der Waals surface area contributed by atoms with Crippen LogP contribution in [0.25, 0.3) is 0 Å². The number of amides is 1. The quantitative estimate of drug-likeness (QED) is 0.684. The number of piperidine rings is 1. The summed E-state index contributed by atoms with van der Waals surface area (Å²) >= 11 is 0. The van der Waals surface area contributed by atoms with Crippen LogP contribution in [-0.4, -0.2) is 54.0 Å². The molecule has 1 aliphatic heterocycles. The van der Waals surface area contributed by atoms with Crippen LogP contribution in [0, 0.1) is 5.92 Å². The monoisotopic (exact) mass is 439 g/mol. The molecule has 1 N–H and O–H groups in total. The van der Waals surface area contributed by atoms with Crippen molar-refractivity contribution >= 4 is 12.1 Å². The molecule has 32 heavy (non-hydrogen) atoms. The lowest BCUT2D eigenvalue weighted by Gasteiger charge is -2.34. The Labute approximate surface area is 190 Å². The van der Waals surface area contributed by atoms with Gasteiger partial charge in [-0.3, -0.25) is 4.79 Å². The molecule has 3 rings (SSSR count). The summed E-state index contributed by atoms with van der Waals surface area (Å²) in [5.41, 5.74) is -0.414. The zero-order chi connectivity index (χ0) is 23.2. The molecule has 1 aliphatic rings. The van der Waals surface area contributed by atoms with Gasteiger partial charge in [-0.15, -0.1) is 0 Å². The van der Waals surface area contributed by atoms with Gasteiger partial charge in [0.2, 0.25) is 0 Å². The molecule has 0 radical (unpaired) electrons. The lowest BCUT2D eigenvalue weighted by molar-refractivity contribution is -0.152. The Morgan fingerprint density at radius 3 is 1.88 bits per heavy atom. The van der Waals surface area contributed by atoms with E-state index in [2.05, 4.69) is 0 Å². The Balaban J connectivity index is 1.67. The van der Waals surface area contributed by atoms with Crippen molar-refractivity contribution in [2.45, 2.75) is 44.6 Å². The molecule has 0 spiro atoms. The van der Waals surface area contributed by atoms with E-state index in [1.54, 1.807) is 4.90 Å². The highest BCUT2D eigenvalue weighted by atomic mass is 16.6. The number of rotatable bonds is 6. The average Bonchev–Trinajstić information content (AvgIpc) is 2.79. The van der Waals surface area contributed by atoms with Crippen LogP contribution in [-0.2, 0) is 19.7 Å². The van der Waals surface area contributed by atoms with Crippen LogP contribution < -0.4 is 0 Å². The van der Waals surface area contributed by atoms with Crippen molar-refractivity contribution < 1.29 is 24.2 Å². The summed E-state index contributed by atoms with van der Waals surface area (Å²) in [6.07, 6.45) is 1.16. The maximum Gasteiger partial charge on any atom is 0.410 e. The molecule has 6 heteroatoms. The van der Waals surface area contributed by atoms with Gasteiger partial charge in [0.1, 0.15) is 11.0 Å². The van der Waals surface area contributed by atoms with E-state index in [9.17, 15) is 14.7 Å². The van der Waals surface area contributed by atoms with Crippen LogP contribution in [0.1, 0.15) is 44.7 Å². The number of hydrogen-bond donors (Lipinski definition) is 1. The van der Waals surface area contributed by atoms with Gasteiger partial charge in [-0.05, 0) is 50.7 Å². The highest BCUT2D eigenvalue weighted by Gasteiger charge is 2.43. The molecule has 1 heterocycles. The Hall–Kier alpha value is -2.86. The van der Waals surface area contributed by atoms with E-state index in [0.717, 1.165) is 12.8 Å². The van der Waals surface area contributed by atoms with Gasteiger partial charge >= 0.3 is 12.1 Å². The second-order valence-corrected chi connectivity index (χ2v) is 9.30. The van der Waals surface area contributed by atoms with Crippen LogP contribution in [0.2, 0.25) is 0 Å². The third kappa shape index (κ3) is 5.49. The number of aliphatic hydroxyl groups is 1. The van der Waals surface area contributed by atoms with Gasteiger partial charge in [0.25, 0.3) is 0 Å². The molecule has 172 valence electrons. The molecule has 1 fully saturated rings. The first-order valence-electron chi connectivity index (χ1n) is 11.1.